The summed E-state index contributed by atoms with van der Waals surface area (Å²) in [6.07, 6.45) is 2.07. The molecule has 0 saturated carbocycles. The molecule has 6 nitrogen and oxygen atoms in total. The molecule has 0 unspecified atom stereocenters. The first kappa shape index (κ1) is 11.5. The molecule has 0 aliphatic carbocycles. The molecule has 0 aromatic carbocycles. The first-order valence-electron chi connectivity index (χ1n) is 4.51. The standard InChI is InChI=1S/C9H6ClFN4O2/c10-8-6(1-5(11)2-12-8)9(16)13-3-7-14-4-17-15-7/h1-2,4H,3H2,(H,13,16). The fraction of sp³-hybridized carbons (Fsp3) is 0.111. The lowest BCUT2D eigenvalue weighted by atomic mass is 10.2. The van der Waals surface area contributed by atoms with Gasteiger partial charge in [0.1, 0.15) is 11.0 Å². The van der Waals surface area contributed by atoms with Crippen LogP contribution in [0.1, 0.15) is 16.2 Å². The van der Waals surface area contributed by atoms with Gasteiger partial charge in [-0.15, -0.1) is 0 Å². The zero-order chi connectivity index (χ0) is 12.3. The van der Waals surface area contributed by atoms with Crippen LogP contribution in [0.2, 0.25) is 5.15 Å². The van der Waals surface area contributed by atoms with Crippen LogP contribution in [-0.2, 0) is 6.54 Å². The van der Waals surface area contributed by atoms with E-state index in [1.807, 2.05) is 0 Å². The number of hydrogen-bond acceptors (Lipinski definition) is 5. The Kier molecular flexibility index (Phi) is 3.29. The summed E-state index contributed by atoms with van der Waals surface area (Å²) >= 11 is 5.66. The molecule has 0 aliphatic rings. The molecule has 0 bridgehead atoms. The number of nitrogens with one attached hydrogen (secondary N) is 1. The molecule has 0 saturated heterocycles. The smallest absolute Gasteiger partial charge is 0.254 e. The molecule has 17 heavy (non-hydrogen) atoms. The molecule has 2 heterocycles. The Morgan fingerprint density at radius 1 is 1.53 bits per heavy atom. The second-order valence-electron chi connectivity index (χ2n) is 3.02. The Bertz CT molecular complexity index is 532. The molecule has 0 aliphatic heterocycles. The quantitative estimate of drug-likeness (QED) is 0.834. The van der Waals surface area contributed by atoms with Crippen molar-refractivity contribution in [2.24, 2.45) is 0 Å². The van der Waals surface area contributed by atoms with Gasteiger partial charge in [0.25, 0.3) is 5.91 Å². The van der Waals surface area contributed by atoms with E-state index in [0.717, 1.165) is 18.7 Å². The number of aromatic nitrogens is 3. The molecule has 2 rings (SSSR count). The molecule has 0 radical (unpaired) electrons. The van der Waals surface area contributed by atoms with E-state index in [1.165, 1.54) is 0 Å². The molecule has 0 spiro atoms. The van der Waals surface area contributed by atoms with Crippen molar-refractivity contribution in [2.75, 3.05) is 0 Å². The Labute approximate surface area is 99.8 Å². The Hall–Kier alpha value is -2.02. The van der Waals surface area contributed by atoms with E-state index in [1.54, 1.807) is 0 Å². The van der Waals surface area contributed by atoms with Crippen LogP contribution in [0.5, 0.6) is 0 Å². The van der Waals surface area contributed by atoms with Gasteiger partial charge < -0.3 is 9.84 Å². The third-order valence-corrected chi connectivity index (χ3v) is 2.17. The van der Waals surface area contributed by atoms with E-state index >= 15 is 0 Å². The van der Waals surface area contributed by atoms with Crippen molar-refractivity contribution in [1.29, 1.82) is 0 Å². The number of pyridine rings is 1. The highest BCUT2D eigenvalue weighted by molar-refractivity contribution is 6.32. The summed E-state index contributed by atoms with van der Waals surface area (Å²) in [6, 6.07) is 1.00. The van der Waals surface area contributed by atoms with Crippen LogP contribution < -0.4 is 5.32 Å². The lowest BCUT2D eigenvalue weighted by Crippen LogP contribution is -2.24. The van der Waals surface area contributed by atoms with Crippen LogP contribution in [0.15, 0.2) is 23.2 Å². The lowest BCUT2D eigenvalue weighted by Gasteiger charge is -2.03. The highest BCUT2D eigenvalue weighted by Gasteiger charge is 2.13. The van der Waals surface area contributed by atoms with E-state index in [0.29, 0.717) is 5.82 Å². The summed E-state index contributed by atoms with van der Waals surface area (Å²) in [5.41, 5.74) is -0.0461. The van der Waals surface area contributed by atoms with Crippen LogP contribution in [-0.4, -0.2) is 21.0 Å². The summed E-state index contributed by atoms with van der Waals surface area (Å²) in [5.74, 6) is -0.898. The second kappa shape index (κ2) is 4.88. The molecular weight excluding hydrogens is 251 g/mol. The van der Waals surface area contributed by atoms with E-state index < -0.39 is 11.7 Å². The SMILES string of the molecule is O=C(NCc1ncon1)c1cc(F)cnc1Cl. The summed E-state index contributed by atoms with van der Waals surface area (Å²) in [6.45, 7) is 0.0577. The van der Waals surface area contributed by atoms with Crippen LogP contribution in [0.4, 0.5) is 4.39 Å². The normalized spacial score (nSPS) is 10.2. The first-order valence-corrected chi connectivity index (χ1v) is 4.89. The minimum Gasteiger partial charge on any atom is -0.345 e. The third kappa shape index (κ3) is 2.76. The van der Waals surface area contributed by atoms with Crippen molar-refractivity contribution in [1.82, 2.24) is 20.4 Å². The molecule has 8 heteroatoms. The number of nitrogens with zero attached hydrogens (tertiary/aromatic N) is 3. The molecule has 88 valence electrons. The molecule has 0 atom stereocenters. The Morgan fingerprint density at radius 2 is 2.35 bits per heavy atom. The monoisotopic (exact) mass is 256 g/mol. The number of rotatable bonds is 3. The van der Waals surface area contributed by atoms with Gasteiger partial charge in [-0.25, -0.2) is 9.37 Å². The van der Waals surface area contributed by atoms with Crippen molar-refractivity contribution in [2.45, 2.75) is 6.54 Å². The van der Waals surface area contributed by atoms with Crippen LogP contribution in [0.3, 0.4) is 0 Å². The number of carbonyl (C=O) groups excluding carboxylic acids is 1. The van der Waals surface area contributed by atoms with Crippen molar-refractivity contribution in [3.05, 3.63) is 41.0 Å². The van der Waals surface area contributed by atoms with E-state index in [4.69, 9.17) is 11.6 Å². The van der Waals surface area contributed by atoms with Gasteiger partial charge in [-0.05, 0) is 6.07 Å². The average Bonchev–Trinajstić information content (AvgIpc) is 2.82. The number of amides is 1. The fourth-order valence-electron chi connectivity index (χ4n) is 1.11. The second-order valence-corrected chi connectivity index (χ2v) is 3.38. The minimum absolute atomic E-state index is 0.0461. The highest BCUT2D eigenvalue weighted by atomic mass is 35.5. The van der Waals surface area contributed by atoms with Gasteiger partial charge in [0, 0.05) is 0 Å². The minimum atomic E-state index is -0.640. The van der Waals surface area contributed by atoms with E-state index in [2.05, 4.69) is 25.0 Å². The van der Waals surface area contributed by atoms with E-state index in [9.17, 15) is 9.18 Å². The third-order valence-electron chi connectivity index (χ3n) is 1.86. The van der Waals surface area contributed by atoms with E-state index in [-0.39, 0.29) is 17.3 Å². The summed E-state index contributed by atoms with van der Waals surface area (Å²) in [5, 5.41) is 5.88. The zero-order valence-corrected chi connectivity index (χ0v) is 9.11. The number of carbonyl (C=O) groups is 1. The van der Waals surface area contributed by atoms with Gasteiger partial charge in [0.15, 0.2) is 5.82 Å². The van der Waals surface area contributed by atoms with Crippen LogP contribution in [0, 0.1) is 5.82 Å². The Balaban J connectivity index is 2.07. The van der Waals surface area contributed by atoms with Gasteiger partial charge in [-0.3, -0.25) is 4.79 Å². The maximum Gasteiger partial charge on any atom is 0.254 e. The molecule has 1 amide bonds. The molecular formula is C9H6ClFN4O2. The van der Waals surface area contributed by atoms with Gasteiger partial charge in [0.05, 0.1) is 18.3 Å². The topological polar surface area (TPSA) is 80.9 Å². The summed E-state index contributed by atoms with van der Waals surface area (Å²) in [7, 11) is 0. The van der Waals surface area contributed by atoms with Crippen LogP contribution in [0.25, 0.3) is 0 Å². The largest absolute Gasteiger partial charge is 0.345 e. The molecule has 2 aromatic rings. The molecule has 1 N–H and O–H groups in total. The van der Waals surface area contributed by atoms with Gasteiger partial charge in [0.2, 0.25) is 6.39 Å². The number of halogens is 2. The van der Waals surface area contributed by atoms with Gasteiger partial charge in [-0.2, -0.15) is 4.98 Å². The lowest BCUT2D eigenvalue weighted by molar-refractivity contribution is 0.0949. The maximum absolute atomic E-state index is 12.9. The number of hydrogen-bond donors (Lipinski definition) is 1. The predicted octanol–water partition coefficient (Wildman–Crippen LogP) is 1.19. The van der Waals surface area contributed by atoms with Crippen molar-refractivity contribution in [3.63, 3.8) is 0 Å². The molecule has 2 aromatic heterocycles. The average molecular weight is 257 g/mol. The van der Waals surface area contributed by atoms with Crippen molar-refractivity contribution in [3.8, 4) is 0 Å². The summed E-state index contributed by atoms with van der Waals surface area (Å²) < 4.78 is 17.4. The van der Waals surface area contributed by atoms with Crippen molar-refractivity contribution < 1.29 is 13.7 Å². The Morgan fingerprint density at radius 3 is 3.06 bits per heavy atom. The first-order chi connectivity index (χ1) is 8.16. The fourth-order valence-corrected chi connectivity index (χ4v) is 1.30. The van der Waals surface area contributed by atoms with Gasteiger partial charge >= 0.3 is 0 Å². The highest BCUT2D eigenvalue weighted by Crippen LogP contribution is 2.13. The maximum atomic E-state index is 12.9. The van der Waals surface area contributed by atoms with Crippen LogP contribution >= 0.6 is 11.6 Å². The predicted molar refractivity (Wildman–Crippen MR) is 54.7 cm³/mol. The summed E-state index contributed by atoms with van der Waals surface area (Å²) in [4.78, 5) is 18.9. The van der Waals surface area contributed by atoms with Gasteiger partial charge in [-0.1, -0.05) is 16.8 Å². The van der Waals surface area contributed by atoms with Crippen molar-refractivity contribution >= 4 is 17.5 Å². The zero-order valence-electron chi connectivity index (χ0n) is 8.35. The molecule has 0 fully saturated rings.